The van der Waals surface area contributed by atoms with Crippen molar-refractivity contribution in [3.05, 3.63) is 42.0 Å². The van der Waals surface area contributed by atoms with Crippen molar-refractivity contribution in [2.24, 2.45) is 0 Å². The lowest BCUT2D eigenvalue weighted by atomic mass is 10.0. The van der Waals surface area contributed by atoms with Gasteiger partial charge < -0.3 is 0 Å². The van der Waals surface area contributed by atoms with Crippen LogP contribution in [0.4, 0.5) is 0 Å². The van der Waals surface area contributed by atoms with E-state index in [4.69, 9.17) is 0 Å². The highest BCUT2D eigenvalue weighted by atomic mass is 14.0. The van der Waals surface area contributed by atoms with Crippen molar-refractivity contribution in [2.45, 2.75) is 64.7 Å². The topological polar surface area (TPSA) is 0 Å². The lowest BCUT2D eigenvalue weighted by Gasteiger charge is -2.03. The molecule has 1 rings (SSSR count). The molecule has 1 aromatic carbocycles. The van der Waals surface area contributed by atoms with Crippen molar-refractivity contribution in [3.63, 3.8) is 0 Å². The summed E-state index contributed by atoms with van der Waals surface area (Å²) in [7, 11) is 0. The first-order valence-electron chi connectivity index (χ1n) is 7.58. The van der Waals surface area contributed by atoms with Gasteiger partial charge in [-0.1, -0.05) is 88.8 Å². The molecular formula is C18H28. The summed E-state index contributed by atoms with van der Waals surface area (Å²) in [4.78, 5) is 0. The van der Waals surface area contributed by atoms with E-state index in [0.29, 0.717) is 0 Å². The van der Waals surface area contributed by atoms with Crippen LogP contribution in [0.1, 0.15) is 69.4 Å². The number of unbranched alkanes of at least 4 members (excludes halogenated alkanes) is 7. The number of aryl methyl sites for hydroxylation is 1. The van der Waals surface area contributed by atoms with E-state index in [1.54, 1.807) is 0 Å². The zero-order valence-electron chi connectivity index (χ0n) is 12.0. The minimum Gasteiger partial charge on any atom is -0.0985 e. The average molecular weight is 244 g/mol. The summed E-state index contributed by atoms with van der Waals surface area (Å²) in [6.45, 7) is 6.09. The van der Waals surface area contributed by atoms with Crippen LogP contribution in [0.15, 0.2) is 30.8 Å². The van der Waals surface area contributed by atoms with Crippen LogP contribution >= 0.6 is 0 Å². The SMILES string of the molecule is C=Cc1cccc(CCCCCCCCCC)c1. The third-order valence-corrected chi connectivity index (χ3v) is 3.51. The first-order valence-corrected chi connectivity index (χ1v) is 7.58. The van der Waals surface area contributed by atoms with E-state index in [9.17, 15) is 0 Å². The van der Waals surface area contributed by atoms with Gasteiger partial charge >= 0.3 is 0 Å². The summed E-state index contributed by atoms with van der Waals surface area (Å²) < 4.78 is 0. The normalized spacial score (nSPS) is 10.5. The molecule has 0 heteroatoms. The van der Waals surface area contributed by atoms with Crippen LogP contribution in [0.5, 0.6) is 0 Å². The fraction of sp³-hybridized carbons (Fsp3) is 0.556. The molecule has 0 aliphatic rings. The highest BCUT2D eigenvalue weighted by Gasteiger charge is 1.95. The van der Waals surface area contributed by atoms with E-state index in [-0.39, 0.29) is 0 Å². The van der Waals surface area contributed by atoms with Crippen LogP contribution in [-0.2, 0) is 6.42 Å². The standard InChI is InChI=1S/C18H28/c1-3-5-6-7-8-9-10-11-13-18-15-12-14-17(4-2)16-18/h4,12,14-16H,2-3,5-11,13H2,1H3. The average Bonchev–Trinajstić information content (AvgIpc) is 2.42. The summed E-state index contributed by atoms with van der Waals surface area (Å²) in [5.41, 5.74) is 2.70. The molecule has 18 heavy (non-hydrogen) atoms. The number of hydrogen-bond donors (Lipinski definition) is 0. The van der Waals surface area contributed by atoms with Gasteiger partial charge in [0.15, 0.2) is 0 Å². The molecule has 0 nitrogen and oxygen atoms in total. The van der Waals surface area contributed by atoms with E-state index >= 15 is 0 Å². The van der Waals surface area contributed by atoms with Crippen LogP contribution < -0.4 is 0 Å². The largest absolute Gasteiger partial charge is 0.0985 e. The number of hydrogen-bond acceptors (Lipinski definition) is 0. The summed E-state index contributed by atoms with van der Waals surface area (Å²) in [5, 5.41) is 0. The Morgan fingerprint density at radius 1 is 0.944 bits per heavy atom. The Kier molecular flexibility index (Phi) is 8.29. The third-order valence-electron chi connectivity index (χ3n) is 3.51. The fourth-order valence-electron chi connectivity index (χ4n) is 2.34. The first-order chi connectivity index (χ1) is 8.86. The van der Waals surface area contributed by atoms with Crippen LogP contribution in [0.25, 0.3) is 6.08 Å². The van der Waals surface area contributed by atoms with Gasteiger partial charge in [0.25, 0.3) is 0 Å². The summed E-state index contributed by atoms with van der Waals surface area (Å²) >= 11 is 0. The molecule has 0 radical (unpaired) electrons. The van der Waals surface area contributed by atoms with Gasteiger partial charge in [-0.3, -0.25) is 0 Å². The highest BCUT2D eigenvalue weighted by Crippen LogP contribution is 2.12. The van der Waals surface area contributed by atoms with Crippen molar-refractivity contribution in [1.82, 2.24) is 0 Å². The molecule has 0 saturated carbocycles. The Balaban J connectivity index is 2.05. The Morgan fingerprint density at radius 2 is 1.61 bits per heavy atom. The van der Waals surface area contributed by atoms with Crippen LogP contribution in [0.2, 0.25) is 0 Å². The summed E-state index contributed by atoms with van der Waals surface area (Å²) in [6.07, 6.45) is 14.3. The molecule has 0 aliphatic carbocycles. The predicted octanol–water partition coefficient (Wildman–Crippen LogP) is 6.01. The molecule has 0 spiro atoms. The Morgan fingerprint density at radius 3 is 2.28 bits per heavy atom. The molecule has 0 atom stereocenters. The zero-order chi connectivity index (χ0) is 13.1. The highest BCUT2D eigenvalue weighted by molar-refractivity contribution is 5.47. The zero-order valence-corrected chi connectivity index (χ0v) is 12.0. The van der Waals surface area contributed by atoms with E-state index in [1.807, 2.05) is 6.08 Å². The Labute approximate surface area is 113 Å². The van der Waals surface area contributed by atoms with Crippen molar-refractivity contribution < 1.29 is 0 Å². The molecule has 0 heterocycles. The van der Waals surface area contributed by atoms with Gasteiger partial charge in [-0.15, -0.1) is 0 Å². The molecule has 0 N–H and O–H groups in total. The van der Waals surface area contributed by atoms with Gasteiger partial charge in [-0.2, -0.15) is 0 Å². The minimum atomic E-state index is 1.22. The smallest absolute Gasteiger partial charge is 0.0260 e. The maximum atomic E-state index is 3.82. The van der Waals surface area contributed by atoms with Crippen molar-refractivity contribution in [1.29, 1.82) is 0 Å². The van der Waals surface area contributed by atoms with Crippen molar-refractivity contribution >= 4 is 6.08 Å². The van der Waals surface area contributed by atoms with Gasteiger partial charge in [0, 0.05) is 0 Å². The molecule has 0 amide bonds. The number of benzene rings is 1. The first kappa shape index (κ1) is 15.0. The molecule has 0 aliphatic heterocycles. The maximum Gasteiger partial charge on any atom is -0.0260 e. The quantitative estimate of drug-likeness (QED) is 0.442. The van der Waals surface area contributed by atoms with Gasteiger partial charge in [0.1, 0.15) is 0 Å². The van der Waals surface area contributed by atoms with E-state index in [2.05, 4.69) is 37.8 Å². The molecule has 100 valence electrons. The molecule has 0 aromatic heterocycles. The molecule has 0 fully saturated rings. The van der Waals surface area contributed by atoms with Crippen LogP contribution in [-0.4, -0.2) is 0 Å². The lowest BCUT2D eigenvalue weighted by Crippen LogP contribution is -1.87. The second-order valence-corrected chi connectivity index (χ2v) is 5.17. The van der Waals surface area contributed by atoms with Gasteiger partial charge in [-0.25, -0.2) is 0 Å². The van der Waals surface area contributed by atoms with E-state index in [0.717, 1.165) is 0 Å². The van der Waals surface area contributed by atoms with Gasteiger partial charge in [0.2, 0.25) is 0 Å². The Bertz CT molecular complexity index is 325. The summed E-state index contributed by atoms with van der Waals surface area (Å²) in [5.74, 6) is 0. The van der Waals surface area contributed by atoms with Crippen molar-refractivity contribution in [2.75, 3.05) is 0 Å². The summed E-state index contributed by atoms with van der Waals surface area (Å²) in [6, 6.07) is 8.74. The number of rotatable bonds is 10. The van der Waals surface area contributed by atoms with Crippen molar-refractivity contribution in [3.8, 4) is 0 Å². The maximum absolute atomic E-state index is 3.82. The molecule has 0 unspecified atom stereocenters. The van der Waals surface area contributed by atoms with Crippen LogP contribution in [0, 0.1) is 0 Å². The molecule has 0 saturated heterocycles. The molecule has 1 aromatic rings. The second kappa shape index (κ2) is 9.94. The van der Waals surface area contributed by atoms with Gasteiger partial charge in [-0.05, 0) is 24.0 Å². The fourth-order valence-corrected chi connectivity index (χ4v) is 2.34. The van der Waals surface area contributed by atoms with E-state index < -0.39 is 0 Å². The Hall–Kier alpha value is -1.04. The lowest BCUT2D eigenvalue weighted by molar-refractivity contribution is 0.575. The second-order valence-electron chi connectivity index (χ2n) is 5.17. The molecular weight excluding hydrogens is 216 g/mol. The molecule has 0 bridgehead atoms. The van der Waals surface area contributed by atoms with Crippen LogP contribution in [0.3, 0.4) is 0 Å². The monoisotopic (exact) mass is 244 g/mol. The van der Waals surface area contributed by atoms with E-state index in [1.165, 1.54) is 68.9 Å². The minimum absolute atomic E-state index is 1.22. The third kappa shape index (κ3) is 6.64. The van der Waals surface area contributed by atoms with Gasteiger partial charge in [0.05, 0.1) is 0 Å². The predicted molar refractivity (Wildman–Crippen MR) is 82.8 cm³/mol.